The van der Waals surface area contributed by atoms with Gasteiger partial charge >= 0.3 is 6.03 Å². The van der Waals surface area contributed by atoms with E-state index in [4.69, 9.17) is 0 Å². The third kappa shape index (κ3) is 6.05. The molecule has 0 radical (unpaired) electrons. The summed E-state index contributed by atoms with van der Waals surface area (Å²) in [5.74, 6) is 0.634. The molecule has 9 nitrogen and oxygen atoms in total. The Labute approximate surface area is 210 Å². The number of aromatic nitrogens is 3. The molecule has 3 aromatic carbocycles. The normalized spacial score (nSPS) is 11.6. The minimum Gasteiger partial charge on any atom is -0.328 e. The average Bonchev–Trinajstić information content (AvgIpc) is 3.29. The first-order valence-corrected chi connectivity index (χ1v) is 12.0. The van der Waals surface area contributed by atoms with Crippen LogP contribution in [0, 0.1) is 22.9 Å². The first-order chi connectivity index (χ1) is 17.3. The summed E-state index contributed by atoms with van der Waals surface area (Å²) in [5, 5.41) is 25.9. The lowest BCUT2D eigenvalue weighted by atomic mass is 10.2. The topological polar surface area (TPSA) is 115 Å². The molecule has 0 aliphatic rings. The molecule has 1 unspecified atom stereocenters. The highest BCUT2D eigenvalue weighted by Gasteiger charge is 2.22. The summed E-state index contributed by atoms with van der Waals surface area (Å²) in [5.41, 5.74) is 3.19. The van der Waals surface area contributed by atoms with Crippen LogP contribution in [0.3, 0.4) is 0 Å². The minimum absolute atomic E-state index is 0.0439. The summed E-state index contributed by atoms with van der Waals surface area (Å²) in [4.78, 5) is 23.2. The van der Waals surface area contributed by atoms with E-state index in [1.54, 1.807) is 35.8 Å². The van der Waals surface area contributed by atoms with Crippen LogP contribution in [0.25, 0.3) is 5.69 Å². The van der Waals surface area contributed by atoms with Gasteiger partial charge in [0.15, 0.2) is 11.0 Å². The number of nitro benzene ring substituents is 1. The van der Waals surface area contributed by atoms with Crippen LogP contribution in [0.2, 0.25) is 0 Å². The van der Waals surface area contributed by atoms with E-state index in [2.05, 4.69) is 20.8 Å². The summed E-state index contributed by atoms with van der Waals surface area (Å²) < 4.78 is 15.0. The van der Waals surface area contributed by atoms with Gasteiger partial charge in [-0.25, -0.2) is 9.18 Å². The first-order valence-electron chi connectivity index (χ1n) is 11.0. The molecule has 2 amide bonds. The summed E-state index contributed by atoms with van der Waals surface area (Å²) in [6, 6.07) is 18.6. The van der Waals surface area contributed by atoms with Crippen molar-refractivity contribution in [3.8, 4) is 5.69 Å². The van der Waals surface area contributed by atoms with E-state index in [0.717, 1.165) is 11.1 Å². The average molecular weight is 507 g/mol. The fraction of sp³-hybridized carbons (Fsp3) is 0.160. The van der Waals surface area contributed by atoms with Crippen LogP contribution in [0.5, 0.6) is 0 Å². The van der Waals surface area contributed by atoms with E-state index in [0.29, 0.717) is 28.1 Å². The van der Waals surface area contributed by atoms with Crippen LogP contribution >= 0.6 is 11.8 Å². The highest BCUT2D eigenvalue weighted by Crippen LogP contribution is 2.28. The number of aryl methyl sites for hydroxylation is 1. The SMILES string of the molecule is Cc1ccc(NC(=O)NC(C)c2nnc(SCc3ccc(F)cc3)n2-c2ccc([N+](=O)[O-])cc2)cc1. The van der Waals surface area contributed by atoms with E-state index in [1.807, 2.05) is 31.2 Å². The Morgan fingerprint density at radius 3 is 2.36 bits per heavy atom. The van der Waals surface area contributed by atoms with Gasteiger partial charge in [-0.1, -0.05) is 41.6 Å². The Morgan fingerprint density at radius 2 is 1.72 bits per heavy atom. The molecular formula is C25H23FN6O3S. The molecule has 0 saturated heterocycles. The first kappa shape index (κ1) is 24.9. The third-order valence-electron chi connectivity index (χ3n) is 5.30. The fourth-order valence-electron chi connectivity index (χ4n) is 3.42. The quantitative estimate of drug-likeness (QED) is 0.177. The summed E-state index contributed by atoms with van der Waals surface area (Å²) >= 11 is 1.38. The second-order valence-corrected chi connectivity index (χ2v) is 8.99. The van der Waals surface area contributed by atoms with E-state index in [9.17, 15) is 19.3 Å². The lowest BCUT2D eigenvalue weighted by molar-refractivity contribution is -0.384. The van der Waals surface area contributed by atoms with Gasteiger partial charge in [0.25, 0.3) is 5.69 Å². The monoisotopic (exact) mass is 506 g/mol. The number of hydrogen-bond donors (Lipinski definition) is 2. The zero-order chi connectivity index (χ0) is 25.7. The van der Waals surface area contributed by atoms with Crippen LogP contribution in [0.4, 0.5) is 20.6 Å². The van der Waals surface area contributed by atoms with Crippen molar-refractivity contribution in [2.75, 3.05) is 5.32 Å². The maximum atomic E-state index is 13.3. The van der Waals surface area contributed by atoms with Gasteiger partial charge in [-0.15, -0.1) is 10.2 Å². The molecule has 0 fully saturated rings. The number of benzene rings is 3. The number of nitrogens with zero attached hydrogens (tertiary/aromatic N) is 4. The molecule has 0 bridgehead atoms. The number of nitro groups is 1. The van der Waals surface area contributed by atoms with Crippen LogP contribution in [-0.2, 0) is 5.75 Å². The standard InChI is InChI=1S/C25H23FN6O3S/c1-16-3-9-20(10-4-16)28-24(33)27-17(2)23-29-30-25(36-15-18-5-7-19(26)8-6-18)31(23)21-11-13-22(14-12-21)32(34)35/h3-14,17H,15H2,1-2H3,(H2,27,28,33). The lowest BCUT2D eigenvalue weighted by Crippen LogP contribution is -2.32. The van der Waals surface area contributed by atoms with Crippen molar-refractivity contribution < 1.29 is 14.1 Å². The Kier molecular flexibility index (Phi) is 7.59. The van der Waals surface area contributed by atoms with E-state index >= 15 is 0 Å². The lowest BCUT2D eigenvalue weighted by Gasteiger charge is -2.17. The molecule has 4 rings (SSSR count). The number of anilines is 1. The van der Waals surface area contributed by atoms with Gasteiger partial charge < -0.3 is 10.6 Å². The number of carbonyl (C=O) groups excluding carboxylic acids is 1. The molecule has 0 spiro atoms. The van der Waals surface area contributed by atoms with Crippen molar-refractivity contribution in [1.82, 2.24) is 20.1 Å². The molecule has 4 aromatic rings. The van der Waals surface area contributed by atoms with Gasteiger partial charge in [-0.3, -0.25) is 14.7 Å². The molecule has 1 aromatic heterocycles. The number of non-ortho nitro benzene ring substituents is 1. The molecule has 2 N–H and O–H groups in total. The number of carbonyl (C=O) groups is 1. The van der Waals surface area contributed by atoms with Crippen molar-refractivity contribution >= 4 is 29.2 Å². The number of rotatable bonds is 8. The van der Waals surface area contributed by atoms with Crippen molar-refractivity contribution in [2.45, 2.75) is 30.8 Å². The second-order valence-electron chi connectivity index (χ2n) is 8.05. The molecule has 0 aliphatic carbocycles. The molecule has 0 saturated carbocycles. The predicted molar refractivity (Wildman–Crippen MR) is 136 cm³/mol. The second kappa shape index (κ2) is 11.0. The Hall–Kier alpha value is -4.25. The van der Waals surface area contributed by atoms with Crippen LogP contribution in [0.1, 0.15) is 29.9 Å². The van der Waals surface area contributed by atoms with Gasteiger partial charge in [0.1, 0.15) is 5.82 Å². The van der Waals surface area contributed by atoms with Gasteiger partial charge in [0.05, 0.1) is 11.0 Å². The van der Waals surface area contributed by atoms with Crippen molar-refractivity contribution in [1.29, 1.82) is 0 Å². The smallest absolute Gasteiger partial charge is 0.319 e. The minimum atomic E-state index is -0.543. The highest BCUT2D eigenvalue weighted by atomic mass is 32.2. The summed E-state index contributed by atoms with van der Waals surface area (Å²) in [6.45, 7) is 3.73. The number of nitrogens with one attached hydrogen (secondary N) is 2. The van der Waals surface area contributed by atoms with Crippen LogP contribution in [0.15, 0.2) is 78.0 Å². The maximum absolute atomic E-state index is 13.3. The number of hydrogen-bond acceptors (Lipinski definition) is 6. The Bertz CT molecular complexity index is 1360. The molecule has 36 heavy (non-hydrogen) atoms. The van der Waals surface area contributed by atoms with Gasteiger partial charge in [0.2, 0.25) is 0 Å². The number of thioether (sulfide) groups is 1. The van der Waals surface area contributed by atoms with Crippen molar-refractivity contribution in [3.63, 3.8) is 0 Å². The number of urea groups is 1. The van der Waals surface area contributed by atoms with E-state index in [-0.39, 0.29) is 11.5 Å². The zero-order valence-electron chi connectivity index (χ0n) is 19.5. The molecule has 1 heterocycles. The number of halogens is 1. The van der Waals surface area contributed by atoms with Crippen molar-refractivity contribution in [2.24, 2.45) is 0 Å². The molecule has 11 heteroatoms. The third-order valence-corrected chi connectivity index (χ3v) is 6.30. The largest absolute Gasteiger partial charge is 0.328 e. The highest BCUT2D eigenvalue weighted by molar-refractivity contribution is 7.98. The maximum Gasteiger partial charge on any atom is 0.319 e. The molecule has 0 aliphatic heterocycles. The predicted octanol–water partition coefficient (Wildman–Crippen LogP) is 5.80. The summed E-state index contributed by atoms with van der Waals surface area (Å²) in [6.07, 6.45) is 0. The zero-order valence-corrected chi connectivity index (χ0v) is 20.3. The van der Waals surface area contributed by atoms with Crippen LogP contribution in [-0.4, -0.2) is 25.7 Å². The Balaban J connectivity index is 1.58. The fourth-order valence-corrected chi connectivity index (χ4v) is 4.33. The van der Waals surface area contributed by atoms with Gasteiger partial charge in [-0.05, 0) is 55.8 Å². The van der Waals surface area contributed by atoms with Crippen LogP contribution < -0.4 is 10.6 Å². The Morgan fingerprint density at radius 1 is 1.06 bits per heavy atom. The van der Waals surface area contributed by atoms with E-state index < -0.39 is 17.0 Å². The van der Waals surface area contributed by atoms with Crippen molar-refractivity contribution in [3.05, 3.63) is 106 Å². The van der Waals surface area contributed by atoms with Gasteiger partial charge in [-0.2, -0.15) is 0 Å². The molecular weight excluding hydrogens is 483 g/mol. The number of amides is 2. The van der Waals surface area contributed by atoms with E-state index in [1.165, 1.54) is 36.0 Å². The summed E-state index contributed by atoms with van der Waals surface area (Å²) in [7, 11) is 0. The van der Waals surface area contributed by atoms with Gasteiger partial charge in [0, 0.05) is 29.3 Å². The molecule has 1 atom stereocenters. The molecule has 184 valence electrons.